The minimum atomic E-state index is -0.945. The molecule has 2 aliphatic heterocycles. The number of ether oxygens (including phenoxy) is 1. The van der Waals surface area contributed by atoms with Crippen LogP contribution in [0.2, 0.25) is 0 Å². The van der Waals surface area contributed by atoms with Crippen LogP contribution in [0.1, 0.15) is 46.4 Å². The van der Waals surface area contributed by atoms with Crippen molar-refractivity contribution in [3.63, 3.8) is 0 Å². The quantitative estimate of drug-likeness (QED) is 0.849. The summed E-state index contributed by atoms with van der Waals surface area (Å²) in [6.45, 7) is 1.23. The molecule has 0 aromatic heterocycles. The van der Waals surface area contributed by atoms with Gasteiger partial charge in [-0.3, -0.25) is 9.59 Å². The highest BCUT2D eigenvalue weighted by Crippen LogP contribution is 2.31. The molecule has 4 rings (SSSR count). The molecule has 0 aliphatic carbocycles. The molecule has 1 atom stereocenters. The van der Waals surface area contributed by atoms with Crippen molar-refractivity contribution in [2.45, 2.75) is 31.7 Å². The van der Waals surface area contributed by atoms with Gasteiger partial charge in [0.05, 0.1) is 17.7 Å². The molecular formula is C21H20F2N2O3. The molecule has 0 spiro atoms. The Balaban J connectivity index is 1.60. The van der Waals surface area contributed by atoms with Gasteiger partial charge in [0, 0.05) is 30.8 Å². The van der Waals surface area contributed by atoms with Gasteiger partial charge in [0.25, 0.3) is 11.8 Å². The Hall–Kier alpha value is -2.96. The van der Waals surface area contributed by atoms with Gasteiger partial charge in [-0.15, -0.1) is 0 Å². The number of fused-ring (bicyclic) bond motifs is 2. The van der Waals surface area contributed by atoms with Crippen LogP contribution in [0.15, 0.2) is 36.4 Å². The molecule has 1 N–H and O–H groups in total. The summed E-state index contributed by atoms with van der Waals surface area (Å²) >= 11 is 0. The molecule has 1 fully saturated rings. The molecule has 28 heavy (non-hydrogen) atoms. The number of piperidine rings is 1. The lowest BCUT2D eigenvalue weighted by Crippen LogP contribution is -2.45. The van der Waals surface area contributed by atoms with E-state index in [1.807, 2.05) is 4.90 Å². The summed E-state index contributed by atoms with van der Waals surface area (Å²) in [5.41, 5.74) is 0.453. The number of benzene rings is 2. The zero-order valence-electron chi connectivity index (χ0n) is 15.2. The zero-order chi connectivity index (χ0) is 19.7. The summed E-state index contributed by atoms with van der Waals surface area (Å²) in [6, 6.07) is 7.71. The highest BCUT2D eigenvalue weighted by molar-refractivity contribution is 6.05. The SMILES string of the molecule is O=C(Nc1ccc2c(c1)C(=O)N1CCCCC1CCO2)c1ccc(F)cc1F. The standard InChI is InChI=1S/C21H20F2N2O3/c22-13-4-6-16(18(23)11-13)20(26)24-14-5-7-19-17(12-14)21(27)25-9-2-1-3-15(25)8-10-28-19/h4-7,11-12,15H,1-3,8-10H2,(H,24,26). The number of halogens is 2. The Morgan fingerprint density at radius 3 is 2.79 bits per heavy atom. The molecule has 0 bridgehead atoms. The summed E-state index contributed by atoms with van der Waals surface area (Å²) in [7, 11) is 0. The second kappa shape index (κ2) is 7.58. The van der Waals surface area contributed by atoms with E-state index in [4.69, 9.17) is 4.74 Å². The first kappa shape index (κ1) is 18.4. The van der Waals surface area contributed by atoms with Crippen molar-refractivity contribution >= 4 is 17.5 Å². The van der Waals surface area contributed by atoms with Crippen LogP contribution in [0, 0.1) is 11.6 Å². The summed E-state index contributed by atoms with van der Waals surface area (Å²) < 4.78 is 32.7. The molecule has 146 valence electrons. The van der Waals surface area contributed by atoms with Gasteiger partial charge in [0.15, 0.2) is 0 Å². The molecule has 2 amide bonds. The maximum absolute atomic E-state index is 13.8. The van der Waals surface area contributed by atoms with Crippen molar-refractivity contribution in [1.29, 1.82) is 0 Å². The van der Waals surface area contributed by atoms with Crippen LogP contribution in [0.25, 0.3) is 0 Å². The Morgan fingerprint density at radius 2 is 1.96 bits per heavy atom. The molecule has 1 saturated heterocycles. The first-order valence-electron chi connectivity index (χ1n) is 9.37. The van der Waals surface area contributed by atoms with Crippen molar-refractivity contribution in [2.24, 2.45) is 0 Å². The van der Waals surface area contributed by atoms with E-state index in [1.54, 1.807) is 18.2 Å². The lowest BCUT2D eigenvalue weighted by molar-refractivity contribution is 0.0548. The van der Waals surface area contributed by atoms with Crippen LogP contribution in [0.4, 0.5) is 14.5 Å². The fourth-order valence-electron chi connectivity index (χ4n) is 3.80. The number of hydrogen-bond donors (Lipinski definition) is 1. The number of nitrogens with one attached hydrogen (secondary N) is 1. The predicted octanol–water partition coefficient (Wildman–Crippen LogP) is 3.99. The van der Waals surface area contributed by atoms with Gasteiger partial charge < -0.3 is 15.0 Å². The van der Waals surface area contributed by atoms with E-state index < -0.39 is 17.5 Å². The predicted molar refractivity (Wildman–Crippen MR) is 99.5 cm³/mol. The lowest BCUT2D eigenvalue weighted by atomic mass is 9.97. The number of carbonyl (C=O) groups is 2. The molecule has 0 saturated carbocycles. The third-order valence-electron chi connectivity index (χ3n) is 5.24. The van der Waals surface area contributed by atoms with E-state index in [0.717, 1.165) is 37.8 Å². The molecule has 2 heterocycles. The van der Waals surface area contributed by atoms with Crippen molar-refractivity contribution in [2.75, 3.05) is 18.5 Å². The van der Waals surface area contributed by atoms with Crippen molar-refractivity contribution < 1.29 is 23.1 Å². The number of hydrogen-bond acceptors (Lipinski definition) is 3. The van der Waals surface area contributed by atoms with Gasteiger partial charge in [-0.2, -0.15) is 0 Å². The molecule has 2 aromatic rings. The second-order valence-electron chi connectivity index (χ2n) is 7.07. The summed E-state index contributed by atoms with van der Waals surface area (Å²) in [5.74, 6) is -2.07. The smallest absolute Gasteiger partial charge is 0.258 e. The van der Waals surface area contributed by atoms with Crippen molar-refractivity contribution in [3.8, 4) is 5.75 Å². The Labute approximate surface area is 161 Å². The van der Waals surface area contributed by atoms with Crippen LogP contribution in [0.3, 0.4) is 0 Å². The molecule has 7 heteroatoms. The lowest BCUT2D eigenvalue weighted by Gasteiger charge is -2.37. The number of anilines is 1. The number of nitrogens with zero attached hydrogens (tertiary/aromatic N) is 1. The maximum Gasteiger partial charge on any atom is 0.258 e. The molecular weight excluding hydrogens is 366 g/mol. The average Bonchev–Trinajstić information content (AvgIpc) is 2.67. The third-order valence-corrected chi connectivity index (χ3v) is 5.24. The van der Waals surface area contributed by atoms with Crippen molar-refractivity contribution in [3.05, 3.63) is 59.2 Å². The van der Waals surface area contributed by atoms with Gasteiger partial charge >= 0.3 is 0 Å². The van der Waals surface area contributed by atoms with E-state index in [-0.39, 0.29) is 17.5 Å². The fraction of sp³-hybridized carbons (Fsp3) is 0.333. The van der Waals surface area contributed by atoms with Gasteiger partial charge in [-0.05, 0) is 49.6 Å². The van der Waals surface area contributed by atoms with Gasteiger partial charge in [-0.25, -0.2) is 8.78 Å². The highest BCUT2D eigenvalue weighted by Gasteiger charge is 2.31. The second-order valence-corrected chi connectivity index (χ2v) is 7.07. The molecule has 0 radical (unpaired) electrons. The Morgan fingerprint density at radius 1 is 1.11 bits per heavy atom. The number of carbonyl (C=O) groups excluding carboxylic acids is 2. The van der Waals surface area contributed by atoms with E-state index >= 15 is 0 Å². The molecule has 2 aromatic carbocycles. The van der Waals surface area contributed by atoms with Gasteiger partial charge in [0.2, 0.25) is 0 Å². The molecule has 2 aliphatic rings. The van der Waals surface area contributed by atoms with Crippen LogP contribution in [-0.2, 0) is 0 Å². The van der Waals surface area contributed by atoms with Crippen LogP contribution < -0.4 is 10.1 Å². The van der Waals surface area contributed by atoms with Crippen LogP contribution in [0.5, 0.6) is 5.75 Å². The number of rotatable bonds is 2. The fourth-order valence-corrected chi connectivity index (χ4v) is 3.80. The monoisotopic (exact) mass is 386 g/mol. The highest BCUT2D eigenvalue weighted by atomic mass is 19.1. The van der Waals surface area contributed by atoms with Crippen LogP contribution >= 0.6 is 0 Å². The Kier molecular flexibility index (Phi) is 4.98. The summed E-state index contributed by atoms with van der Waals surface area (Å²) in [6.07, 6.45) is 3.83. The molecule has 1 unspecified atom stereocenters. The van der Waals surface area contributed by atoms with E-state index in [2.05, 4.69) is 5.32 Å². The largest absolute Gasteiger partial charge is 0.493 e. The average molecular weight is 386 g/mol. The van der Waals surface area contributed by atoms with E-state index in [9.17, 15) is 18.4 Å². The van der Waals surface area contributed by atoms with Crippen LogP contribution in [-0.4, -0.2) is 35.9 Å². The van der Waals surface area contributed by atoms with Crippen molar-refractivity contribution in [1.82, 2.24) is 4.90 Å². The van der Waals surface area contributed by atoms with Gasteiger partial charge in [0.1, 0.15) is 17.4 Å². The zero-order valence-corrected chi connectivity index (χ0v) is 15.2. The van der Waals surface area contributed by atoms with Gasteiger partial charge in [-0.1, -0.05) is 0 Å². The summed E-state index contributed by atoms with van der Waals surface area (Å²) in [5, 5.41) is 2.57. The third kappa shape index (κ3) is 3.56. The maximum atomic E-state index is 13.8. The Bertz CT molecular complexity index is 932. The number of amides is 2. The normalized spacial score (nSPS) is 19.0. The summed E-state index contributed by atoms with van der Waals surface area (Å²) in [4.78, 5) is 27.3. The minimum Gasteiger partial charge on any atom is -0.493 e. The first-order valence-corrected chi connectivity index (χ1v) is 9.37. The minimum absolute atomic E-state index is 0.122. The van der Waals surface area contributed by atoms with E-state index in [0.29, 0.717) is 36.2 Å². The topological polar surface area (TPSA) is 58.6 Å². The first-order chi connectivity index (χ1) is 13.5. The molecule has 5 nitrogen and oxygen atoms in total. The van der Waals surface area contributed by atoms with E-state index in [1.165, 1.54) is 0 Å².